The fourth-order valence-electron chi connectivity index (χ4n) is 2.92. The van der Waals surface area contributed by atoms with Crippen LogP contribution < -0.4 is 9.44 Å². The molecule has 1 fully saturated rings. The first kappa shape index (κ1) is 18.4. The predicted octanol–water partition coefficient (Wildman–Crippen LogP) is 1.59. The van der Waals surface area contributed by atoms with Crippen molar-refractivity contribution in [1.29, 1.82) is 0 Å². The van der Waals surface area contributed by atoms with Gasteiger partial charge in [-0.05, 0) is 30.1 Å². The van der Waals surface area contributed by atoms with E-state index in [0.29, 0.717) is 19.4 Å². The van der Waals surface area contributed by atoms with E-state index < -0.39 is 27.5 Å². The molecule has 0 aromatic carbocycles. The Morgan fingerprint density at radius 3 is 2.38 bits per heavy atom. The SMILES string of the molecule is CC(C)CNS(=O)(=O)NC1CCC(C(=O)O)C(C)(C)C1C. The molecule has 0 aromatic rings. The molecule has 6 nitrogen and oxygen atoms in total. The molecule has 0 amide bonds. The number of rotatable bonds is 6. The lowest BCUT2D eigenvalue weighted by atomic mass is 9.61. The van der Waals surface area contributed by atoms with E-state index >= 15 is 0 Å². The molecule has 1 saturated carbocycles. The molecule has 0 aromatic heterocycles. The van der Waals surface area contributed by atoms with Gasteiger partial charge in [0.2, 0.25) is 0 Å². The Bertz CT molecular complexity index is 473. The fourth-order valence-corrected chi connectivity index (χ4v) is 4.28. The van der Waals surface area contributed by atoms with Crippen molar-refractivity contribution in [3.8, 4) is 0 Å². The summed E-state index contributed by atoms with van der Waals surface area (Å²) in [6.07, 6.45) is 1.04. The zero-order valence-electron chi connectivity index (χ0n) is 13.5. The Morgan fingerprint density at radius 2 is 1.90 bits per heavy atom. The average Bonchev–Trinajstić information content (AvgIpc) is 2.32. The highest BCUT2D eigenvalue weighted by molar-refractivity contribution is 7.87. The Kier molecular flexibility index (Phi) is 5.80. The Balaban J connectivity index is 2.76. The monoisotopic (exact) mass is 320 g/mol. The minimum atomic E-state index is -3.54. The number of carboxylic acid groups (broad SMARTS) is 1. The number of nitrogens with one attached hydrogen (secondary N) is 2. The van der Waals surface area contributed by atoms with Crippen LogP contribution in [0, 0.1) is 23.2 Å². The van der Waals surface area contributed by atoms with Crippen molar-refractivity contribution < 1.29 is 18.3 Å². The van der Waals surface area contributed by atoms with Crippen LogP contribution in [0.2, 0.25) is 0 Å². The van der Waals surface area contributed by atoms with Crippen molar-refractivity contribution in [1.82, 2.24) is 9.44 Å². The molecule has 1 aliphatic carbocycles. The minimum absolute atomic E-state index is 0.0528. The maximum Gasteiger partial charge on any atom is 0.307 e. The first-order chi connectivity index (χ1) is 9.47. The quantitative estimate of drug-likeness (QED) is 0.692. The van der Waals surface area contributed by atoms with Crippen LogP contribution in [0.15, 0.2) is 0 Å². The van der Waals surface area contributed by atoms with E-state index in [0.717, 1.165) is 0 Å². The zero-order chi connectivity index (χ0) is 16.4. The van der Waals surface area contributed by atoms with Crippen LogP contribution in [0.1, 0.15) is 47.5 Å². The third-order valence-electron chi connectivity index (χ3n) is 4.73. The predicted molar refractivity (Wildman–Crippen MR) is 82.0 cm³/mol. The van der Waals surface area contributed by atoms with Crippen LogP contribution in [-0.4, -0.2) is 32.1 Å². The summed E-state index contributed by atoms with van der Waals surface area (Å²) >= 11 is 0. The van der Waals surface area contributed by atoms with E-state index in [-0.39, 0.29) is 17.9 Å². The molecule has 0 heterocycles. The van der Waals surface area contributed by atoms with Crippen LogP contribution in [0.4, 0.5) is 0 Å². The molecule has 0 bridgehead atoms. The van der Waals surface area contributed by atoms with Crippen molar-refractivity contribution in [3.63, 3.8) is 0 Å². The number of hydrogen-bond donors (Lipinski definition) is 3. The Morgan fingerprint density at radius 1 is 1.33 bits per heavy atom. The molecule has 7 heteroatoms. The largest absolute Gasteiger partial charge is 0.481 e. The van der Waals surface area contributed by atoms with E-state index in [4.69, 9.17) is 0 Å². The molecule has 0 radical (unpaired) electrons. The summed E-state index contributed by atoms with van der Waals surface area (Å²) in [5.74, 6) is -1.05. The van der Waals surface area contributed by atoms with Gasteiger partial charge < -0.3 is 5.11 Å². The van der Waals surface area contributed by atoms with E-state index in [9.17, 15) is 18.3 Å². The summed E-state index contributed by atoms with van der Waals surface area (Å²) < 4.78 is 29.3. The van der Waals surface area contributed by atoms with Gasteiger partial charge in [-0.1, -0.05) is 34.6 Å². The van der Waals surface area contributed by atoms with Crippen LogP contribution in [-0.2, 0) is 15.0 Å². The highest BCUT2D eigenvalue weighted by Crippen LogP contribution is 2.45. The van der Waals surface area contributed by atoms with Gasteiger partial charge >= 0.3 is 5.97 Å². The van der Waals surface area contributed by atoms with Crippen molar-refractivity contribution in [2.75, 3.05) is 6.54 Å². The maximum atomic E-state index is 12.0. The maximum absolute atomic E-state index is 12.0. The van der Waals surface area contributed by atoms with Crippen LogP contribution in [0.25, 0.3) is 0 Å². The number of hydrogen-bond acceptors (Lipinski definition) is 3. The fraction of sp³-hybridized carbons (Fsp3) is 0.929. The van der Waals surface area contributed by atoms with Gasteiger partial charge in [0, 0.05) is 12.6 Å². The molecule has 3 unspecified atom stereocenters. The molecule has 3 atom stereocenters. The van der Waals surface area contributed by atoms with E-state index in [1.807, 2.05) is 34.6 Å². The van der Waals surface area contributed by atoms with Gasteiger partial charge in [0.05, 0.1) is 5.92 Å². The van der Waals surface area contributed by atoms with Gasteiger partial charge in [0.1, 0.15) is 0 Å². The Labute approximate surface area is 127 Å². The number of carbonyl (C=O) groups is 1. The van der Waals surface area contributed by atoms with E-state index in [2.05, 4.69) is 9.44 Å². The van der Waals surface area contributed by atoms with Crippen molar-refractivity contribution >= 4 is 16.2 Å². The standard InChI is InChI=1S/C14H28N2O4S/c1-9(2)8-15-21(19,20)16-12-7-6-11(13(17)18)14(4,5)10(12)3/h9-12,15-16H,6-8H2,1-5H3,(H,17,18). The lowest BCUT2D eigenvalue weighted by Crippen LogP contribution is -2.54. The first-order valence-corrected chi connectivity index (χ1v) is 8.95. The first-order valence-electron chi connectivity index (χ1n) is 7.47. The molecule has 21 heavy (non-hydrogen) atoms. The highest BCUT2D eigenvalue weighted by Gasteiger charge is 2.47. The van der Waals surface area contributed by atoms with Gasteiger partial charge in [-0.2, -0.15) is 13.1 Å². The van der Waals surface area contributed by atoms with Gasteiger partial charge in [0.15, 0.2) is 0 Å². The molecule has 1 aliphatic rings. The third kappa shape index (κ3) is 4.66. The molecule has 0 saturated heterocycles. The Hall–Kier alpha value is -0.660. The van der Waals surface area contributed by atoms with Crippen LogP contribution in [0.5, 0.6) is 0 Å². The summed E-state index contributed by atoms with van der Waals surface area (Å²) in [4.78, 5) is 11.3. The second-order valence-corrected chi connectivity index (χ2v) is 8.58. The van der Waals surface area contributed by atoms with Gasteiger partial charge in [-0.15, -0.1) is 0 Å². The molecular weight excluding hydrogens is 292 g/mol. The van der Waals surface area contributed by atoms with Crippen molar-refractivity contribution in [2.24, 2.45) is 23.2 Å². The second-order valence-electron chi connectivity index (χ2n) is 7.05. The summed E-state index contributed by atoms with van der Waals surface area (Å²) in [6.45, 7) is 9.98. The molecule has 124 valence electrons. The second kappa shape index (κ2) is 6.62. The van der Waals surface area contributed by atoms with Crippen LogP contribution in [0.3, 0.4) is 0 Å². The smallest absolute Gasteiger partial charge is 0.307 e. The van der Waals surface area contributed by atoms with E-state index in [1.165, 1.54) is 0 Å². The molecule has 3 N–H and O–H groups in total. The normalized spacial score (nSPS) is 29.5. The highest BCUT2D eigenvalue weighted by atomic mass is 32.2. The summed E-state index contributed by atoms with van der Waals surface area (Å²) in [5.41, 5.74) is -0.449. The summed E-state index contributed by atoms with van der Waals surface area (Å²) in [6, 6.07) is -0.236. The topological polar surface area (TPSA) is 95.5 Å². The summed E-state index contributed by atoms with van der Waals surface area (Å²) in [5, 5.41) is 9.30. The van der Waals surface area contributed by atoms with Crippen LogP contribution >= 0.6 is 0 Å². The van der Waals surface area contributed by atoms with Gasteiger partial charge in [-0.25, -0.2) is 4.72 Å². The average molecular weight is 320 g/mol. The molecule has 0 aliphatic heterocycles. The zero-order valence-corrected chi connectivity index (χ0v) is 14.3. The van der Waals surface area contributed by atoms with Gasteiger partial charge in [0.25, 0.3) is 10.2 Å². The minimum Gasteiger partial charge on any atom is -0.481 e. The molecular formula is C14H28N2O4S. The summed E-state index contributed by atoms with van der Waals surface area (Å²) in [7, 11) is -3.54. The van der Waals surface area contributed by atoms with Gasteiger partial charge in [-0.3, -0.25) is 4.79 Å². The number of aliphatic carboxylic acids is 1. The molecule has 1 rings (SSSR count). The van der Waals surface area contributed by atoms with Crippen molar-refractivity contribution in [3.05, 3.63) is 0 Å². The van der Waals surface area contributed by atoms with Crippen molar-refractivity contribution in [2.45, 2.75) is 53.5 Å². The van der Waals surface area contributed by atoms with E-state index in [1.54, 1.807) is 0 Å². The molecule has 0 spiro atoms. The lowest BCUT2D eigenvalue weighted by molar-refractivity contribution is -0.150. The lowest BCUT2D eigenvalue weighted by Gasteiger charge is -2.46. The number of carboxylic acids is 1. The third-order valence-corrected chi connectivity index (χ3v) is 5.89.